The van der Waals surface area contributed by atoms with Gasteiger partial charge in [0.05, 0.1) is 14.2 Å². The predicted molar refractivity (Wildman–Crippen MR) is 156 cm³/mol. The average molecular weight is 1510 g/mol. The van der Waals surface area contributed by atoms with E-state index < -0.39 is 159 Å². The zero-order valence-electron chi connectivity index (χ0n) is 39.7. The fourth-order valence-electron chi connectivity index (χ4n) is 3.56. The SMILES string of the molecule is COC(=O)C(F)(F)OC(F)(F)C(F)(F)OC(F)(F)C(F)(F)OC(F)(F)C(F)(F)OC(F)(F)C(F)(F)OC(F)(F)C(F)(F)OC(F)(F)C(F)(F)OC(F)(F)C(F)(F)OC(F)(F)C(F)(F)OC(F)(F)C(F)(F)OC(F)(F)C(F)(F)OC(F)(F)C(F)(F)OC(F)(F)C(=O)OC. The van der Waals surface area contributed by atoms with E-state index in [1.54, 1.807) is 9.47 Å². The van der Waals surface area contributed by atoms with Gasteiger partial charge in [0.15, 0.2) is 0 Å². The summed E-state index contributed by atoms with van der Waals surface area (Å²) in [5.74, 6) is -7.08. The first kappa shape index (κ1) is 87.1. The molecule has 0 amide bonds. The molecule has 0 fully saturated rings. The first-order valence-electron chi connectivity index (χ1n) is 18.9. The lowest BCUT2D eigenvalue weighted by atomic mass is 10.4. The fraction of sp³-hybridized carbons (Fsp3) is 0.929. The maximum Gasteiger partial charge on any atom is 0.460 e. The molecule has 0 aromatic carbocycles. The number of rotatable bonds is 37. The predicted octanol–water partition coefficient (Wildman–Crippen LogP) is 13.8. The van der Waals surface area contributed by atoms with Crippen LogP contribution in [0, 0.1) is 0 Å². The van der Waals surface area contributed by atoms with Crippen molar-refractivity contribution >= 4 is 11.9 Å². The number of esters is 2. The van der Waals surface area contributed by atoms with Crippen molar-refractivity contribution in [3.8, 4) is 0 Å². The minimum absolute atomic E-state index is 0.243. The third-order valence-corrected chi connectivity index (χ3v) is 7.65. The maximum absolute atomic E-state index is 13.8. The Balaban J connectivity index is 6.73. The molecule has 0 unspecified atom stereocenters. The van der Waals surface area contributed by atoms with Crippen molar-refractivity contribution in [2.75, 3.05) is 14.2 Å². The summed E-state index contributed by atoms with van der Waals surface area (Å²) in [5, 5.41) is 0. The van der Waals surface area contributed by atoms with Gasteiger partial charge in [0.2, 0.25) is 0 Å². The minimum Gasteiger partial charge on any atom is -0.463 e. The van der Waals surface area contributed by atoms with Crippen molar-refractivity contribution in [1.29, 1.82) is 0 Å². The molecule has 0 atom stereocenters. The molecule has 64 heteroatoms. The van der Waals surface area contributed by atoms with Gasteiger partial charge in [-0.3, -0.25) is 0 Å². The molecule has 550 valence electrons. The molecule has 0 aromatic heterocycles. The van der Waals surface area contributed by atoms with E-state index in [0.29, 0.717) is 0 Å². The molecule has 16 nitrogen and oxygen atoms in total. The van der Waals surface area contributed by atoms with Gasteiger partial charge in [0.1, 0.15) is 0 Å². The van der Waals surface area contributed by atoms with Gasteiger partial charge < -0.3 is 9.47 Å². The number of methoxy groups -OCH3 is 2. The highest BCUT2D eigenvalue weighted by atomic mass is 19.4. The van der Waals surface area contributed by atoms with Gasteiger partial charge in [-0.1, -0.05) is 0 Å². The summed E-state index contributed by atoms with van der Waals surface area (Å²) in [6, 6.07) is 0. The van der Waals surface area contributed by atoms with E-state index >= 15 is 0 Å². The second kappa shape index (κ2) is 24.6. The highest BCUT2D eigenvalue weighted by Crippen LogP contribution is 2.58. The van der Waals surface area contributed by atoms with Gasteiger partial charge in [-0.2, -0.15) is 211 Å². The monoisotopic (exact) mass is 1510 g/mol. The third-order valence-electron chi connectivity index (χ3n) is 7.65. The molecule has 0 aromatic rings. The Hall–Kier alpha value is -4.90. The molecule has 0 radical (unpaired) electrons. The van der Waals surface area contributed by atoms with Crippen LogP contribution in [0.2, 0.25) is 0 Å². The second-order valence-electron chi connectivity index (χ2n) is 14.6. The summed E-state index contributed by atoms with van der Waals surface area (Å²) in [7, 11) is -0.486. The topological polar surface area (TPSA) is 163 Å². The Morgan fingerprint density at radius 1 is 0.152 bits per heavy atom. The van der Waals surface area contributed by atoms with Crippen LogP contribution in [-0.4, -0.2) is 173 Å². The number of hydrogen-bond acceptors (Lipinski definition) is 16. The van der Waals surface area contributed by atoms with Crippen molar-refractivity contribution in [2.45, 2.75) is 147 Å². The summed E-state index contributed by atoms with van der Waals surface area (Å²) in [6.45, 7) is 0. The van der Waals surface area contributed by atoms with Gasteiger partial charge in [-0.05, 0) is 0 Å². The molecule has 0 heterocycles. The minimum atomic E-state index is -8.92. The van der Waals surface area contributed by atoms with E-state index in [0.717, 1.165) is 47.4 Å². The molecule has 0 saturated heterocycles. The number of alkyl halides is 48. The lowest BCUT2D eigenvalue weighted by Gasteiger charge is -2.38. The van der Waals surface area contributed by atoms with Crippen LogP contribution in [0.3, 0.4) is 0 Å². The third kappa shape index (κ3) is 18.2. The summed E-state index contributed by atoms with van der Waals surface area (Å²) >= 11 is 0. The van der Waals surface area contributed by atoms with Crippen molar-refractivity contribution in [1.82, 2.24) is 0 Å². The van der Waals surface area contributed by atoms with E-state index in [-0.39, 0.29) is 14.2 Å². The Kier molecular flexibility index (Phi) is 23.3. The molecular formula is C28H6F48O16. The highest BCUT2D eigenvalue weighted by Gasteiger charge is 2.84. The molecule has 0 spiro atoms. The van der Waals surface area contributed by atoms with Crippen LogP contribution in [0.1, 0.15) is 0 Å². The Labute approximate surface area is 460 Å². The zero-order chi connectivity index (χ0) is 75.1. The first-order valence-corrected chi connectivity index (χ1v) is 18.9. The van der Waals surface area contributed by atoms with Gasteiger partial charge in [0.25, 0.3) is 0 Å². The van der Waals surface area contributed by atoms with Crippen molar-refractivity contribution in [3.05, 3.63) is 0 Å². The molecule has 0 N–H and O–H groups in total. The van der Waals surface area contributed by atoms with Crippen molar-refractivity contribution in [3.63, 3.8) is 0 Å². The van der Waals surface area contributed by atoms with Crippen LogP contribution in [-0.2, 0) is 75.9 Å². The Morgan fingerprint density at radius 2 is 0.217 bits per heavy atom. The summed E-state index contributed by atoms with van der Waals surface area (Å²) < 4.78 is 673. The van der Waals surface area contributed by atoms with Gasteiger partial charge in [-0.15, -0.1) is 0 Å². The largest absolute Gasteiger partial charge is 0.463 e. The number of carbonyl (C=O) groups is 2. The van der Waals surface area contributed by atoms with Gasteiger partial charge in [0, 0.05) is 0 Å². The van der Waals surface area contributed by atoms with Gasteiger partial charge >= 0.3 is 159 Å². The second-order valence-corrected chi connectivity index (χ2v) is 14.6. The molecule has 0 aliphatic carbocycles. The smallest absolute Gasteiger partial charge is 0.460 e. The standard InChI is InChI=1S/C28H6F48O16/c1-79-3(77)5(29,30)81-7(33,34)9(37,38)83-11(41,42)13(45,46)85-15(49,50)17(53,54)87-19(57,58)21(61,62)89-23(65,66)25(69,70)91-27(73,74)28(75,76)92-26(71,72)24(67,68)90-22(63,64)20(59,60)88-18(55,56)16(51,52)86-14(47,48)12(43,44)84-10(39,40)8(35,36)82-6(31,32)4(78)80-2/h1-2H3. The number of hydrogen-bond donors (Lipinski definition) is 0. The molecule has 0 aliphatic rings. The van der Waals surface area contributed by atoms with Crippen molar-refractivity contribution in [2.24, 2.45) is 0 Å². The van der Waals surface area contributed by atoms with E-state index in [9.17, 15) is 220 Å². The summed E-state index contributed by atoms with van der Waals surface area (Å²) in [6.07, 6.45) is -202. The molecule has 0 aliphatic heterocycles. The van der Waals surface area contributed by atoms with Gasteiger partial charge in [-0.25, -0.2) is 66.4 Å². The van der Waals surface area contributed by atoms with Crippen LogP contribution >= 0.6 is 0 Å². The average Bonchev–Trinajstić information content (AvgIpc) is 0.760. The maximum atomic E-state index is 13.8. The van der Waals surface area contributed by atoms with E-state index in [2.05, 4.69) is 9.47 Å². The lowest BCUT2D eigenvalue weighted by Crippen LogP contribution is -2.63. The number of halogens is 48. The van der Waals surface area contributed by atoms with E-state index in [4.69, 9.17) is 0 Å². The normalized spacial score (nSPS) is 16.3. The van der Waals surface area contributed by atoms with E-state index in [1.807, 2.05) is 0 Å². The quantitative estimate of drug-likeness (QED) is 0.0426. The molecule has 0 bridgehead atoms. The molecular weight excluding hydrogens is 1500 g/mol. The molecule has 0 rings (SSSR count). The van der Waals surface area contributed by atoms with Crippen LogP contribution in [0.5, 0.6) is 0 Å². The zero-order valence-corrected chi connectivity index (χ0v) is 39.7. The van der Waals surface area contributed by atoms with Crippen LogP contribution < -0.4 is 0 Å². The highest BCUT2D eigenvalue weighted by molar-refractivity contribution is 5.76. The summed E-state index contributed by atoms with van der Waals surface area (Å²) in [4.78, 5) is 21.1. The Bertz CT molecular complexity index is 2380. The van der Waals surface area contributed by atoms with Crippen LogP contribution in [0.25, 0.3) is 0 Å². The van der Waals surface area contributed by atoms with E-state index in [1.165, 1.54) is 0 Å². The molecule has 92 heavy (non-hydrogen) atoms. The summed E-state index contributed by atoms with van der Waals surface area (Å²) in [5.41, 5.74) is 0. The molecule has 0 saturated carbocycles. The number of carbonyl (C=O) groups excluding carboxylic acids is 2. The van der Waals surface area contributed by atoms with Crippen LogP contribution in [0.15, 0.2) is 0 Å². The van der Waals surface area contributed by atoms with Crippen LogP contribution in [0.4, 0.5) is 211 Å². The Morgan fingerprint density at radius 3 is 0.283 bits per heavy atom. The fourth-order valence-corrected chi connectivity index (χ4v) is 3.56. The first-order chi connectivity index (χ1) is 39.2. The van der Waals surface area contributed by atoms with Crippen molar-refractivity contribution < 1.29 is 287 Å². The lowest BCUT2D eigenvalue weighted by molar-refractivity contribution is -0.605. The number of ether oxygens (including phenoxy) is 14.